The van der Waals surface area contributed by atoms with Gasteiger partial charge in [-0.05, 0) is 31.4 Å². The highest BCUT2D eigenvalue weighted by Crippen LogP contribution is 2.23. The number of anilines is 1. The molecule has 0 saturated heterocycles. The Labute approximate surface area is 90.6 Å². The van der Waals surface area contributed by atoms with Crippen molar-refractivity contribution in [2.45, 2.75) is 31.3 Å². The zero-order valence-electron chi connectivity index (χ0n) is 9.07. The van der Waals surface area contributed by atoms with Crippen molar-refractivity contribution in [1.29, 1.82) is 0 Å². The van der Waals surface area contributed by atoms with Gasteiger partial charge < -0.3 is 15.8 Å². The first kappa shape index (κ1) is 10.3. The predicted molar refractivity (Wildman–Crippen MR) is 62.2 cm³/mol. The van der Waals surface area contributed by atoms with Gasteiger partial charge in [0, 0.05) is 23.8 Å². The molecule has 0 bridgehead atoms. The average molecular weight is 206 g/mol. The van der Waals surface area contributed by atoms with Gasteiger partial charge in [0.2, 0.25) is 0 Å². The van der Waals surface area contributed by atoms with Gasteiger partial charge in [-0.3, -0.25) is 0 Å². The molecule has 1 aliphatic rings. The number of rotatable bonds is 3. The molecule has 3 nitrogen and oxygen atoms in total. The van der Waals surface area contributed by atoms with Crippen molar-refractivity contribution in [3.8, 4) is 5.75 Å². The summed E-state index contributed by atoms with van der Waals surface area (Å²) in [7, 11) is 1.68. The molecule has 0 unspecified atom stereocenters. The Morgan fingerprint density at radius 2 is 2.27 bits per heavy atom. The smallest absolute Gasteiger partial charge is 0.120 e. The fourth-order valence-electron chi connectivity index (χ4n) is 2.09. The molecule has 1 aliphatic carbocycles. The fourth-order valence-corrected chi connectivity index (χ4v) is 2.09. The summed E-state index contributed by atoms with van der Waals surface area (Å²) in [5.74, 6) is 0.881. The van der Waals surface area contributed by atoms with E-state index in [0.29, 0.717) is 6.04 Å². The molecule has 2 rings (SSSR count). The van der Waals surface area contributed by atoms with Gasteiger partial charge >= 0.3 is 0 Å². The van der Waals surface area contributed by atoms with Crippen molar-refractivity contribution in [2.24, 2.45) is 5.73 Å². The highest BCUT2D eigenvalue weighted by atomic mass is 16.5. The average Bonchev–Trinajstić information content (AvgIpc) is 2.65. The van der Waals surface area contributed by atoms with E-state index in [1.807, 2.05) is 24.3 Å². The van der Waals surface area contributed by atoms with Gasteiger partial charge in [-0.15, -0.1) is 0 Å². The summed E-state index contributed by atoms with van der Waals surface area (Å²) < 4.78 is 5.17. The summed E-state index contributed by atoms with van der Waals surface area (Å²) in [6.07, 6.45) is 3.52. The number of ether oxygens (including phenoxy) is 1. The van der Waals surface area contributed by atoms with Crippen LogP contribution in [0, 0.1) is 0 Å². The third-order valence-electron chi connectivity index (χ3n) is 2.99. The molecule has 1 aromatic rings. The standard InChI is InChI=1S/C12H18N2O/c1-15-10-5-2-4-9(8-10)14-12-7-3-6-11(12)13/h2,4-5,8,11-12,14H,3,6-7,13H2,1H3/t11-,12-/m1/s1. The van der Waals surface area contributed by atoms with Crippen LogP contribution in [-0.2, 0) is 0 Å². The second-order valence-corrected chi connectivity index (χ2v) is 4.08. The number of nitrogens with two attached hydrogens (primary N) is 1. The minimum Gasteiger partial charge on any atom is -0.497 e. The Balaban J connectivity index is 2.03. The van der Waals surface area contributed by atoms with E-state index in [1.165, 1.54) is 12.8 Å². The summed E-state index contributed by atoms with van der Waals surface area (Å²) in [5, 5.41) is 3.46. The predicted octanol–water partition coefficient (Wildman–Crippen LogP) is 1.99. The molecular weight excluding hydrogens is 188 g/mol. The van der Waals surface area contributed by atoms with Crippen molar-refractivity contribution in [2.75, 3.05) is 12.4 Å². The first-order valence-corrected chi connectivity index (χ1v) is 5.46. The second-order valence-electron chi connectivity index (χ2n) is 4.08. The van der Waals surface area contributed by atoms with E-state index in [1.54, 1.807) is 7.11 Å². The van der Waals surface area contributed by atoms with Gasteiger partial charge in [-0.25, -0.2) is 0 Å². The van der Waals surface area contributed by atoms with E-state index in [-0.39, 0.29) is 6.04 Å². The topological polar surface area (TPSA) is 47.3 Å². The van der Waals surface area contributed by atoms with Crippen molar-refractivity contribution >= 4 is 5.69 Å². The van der Waals surface area contributed by atoms with E-state index in [4.69, 9.17) is 10.5 Å². The van der Waals surface area contributed by atoms with Gasteiger partial charge in [0.15, 0.2) is 0 Å². The SMILES string of the molecule is COc1cccc(N[C@@H]2CCC[C@H]2N)c1. The molecule has 0 aliphatic heterocycles. The largest absolute Gasteiger partial charge is 0.497 e. The zero-order valence-corrected chi connectivity index (χ0v) is 9.07. The van der Waals surface area contributed by atoms with Gasteiger partial charge in [0.1, 0.15) is 5.75 Å². The van der Waals surface area contributed by atoms with Gasteiger partial charge in [0.05, 0.1) is 7.11 Å². The van der Waals surface area contributed by atoms with Crippen LogP contribution in [0.1, 0.15) is 19.3 Å². The molecule has 2 atom stereocenters. The maximum absolute atomic E-state index is 6.00. The quantitative estimate of drug-likeness (QED) is 0.795. The normalized spacial score (nSPS) is 25.2. The number of hydrogen-bond acceptors (Lipinski definition) is 3. The summed E-state index contributed by atoms with van der Waals surface area (Å²) in [4.78, 5) is 0. The molecule has 0 amide bonds. The third kappa shape index (κ3) is 2.42. The molecule has 15 heavy (non-hydrogen) atoms. The van der Waals surface area contributed by atoms with Crippen molar-refractivity contribution in [3.63, 3.8) is 0 Å². The van der Waals surface area contributed by atoms with E-state index in [0.717, 1.165) is 17.9 Å². The Kier molecular flexibility index (Phi) is 3.11. The molecule has 1 saturated carbocycles. The van der Waals surface area contributed by atoms with Crippen LogP contribution in [0.5, 0.6) is 5.75 Å². The lowest BCUT2D eigenvalue weighted by Crippen LogP contribution is -2.35. The highest BCUT2D eigenvalue weighted by Gasteiger charge is 2.23. The number of hydrogen-bond donors (Lipinski definition) is 2. The van der Waals surface area contributed by atoms with Gasteiger partial charge in [0.25, 0.3) is 0 Å². The van der Waals surface area contributed by atoms with Crippen molar-refractivity contribution in [1.82, 2.24) is 0 Å². The van der Waals surface area contributed by atoms with Crippen LogP contribution in [0.3, 0.4) is 0 Å². The molecule has 82 valence electrons. The molecule has 3 N–H and O–H groups in total. The lowest BCUT2D eigenvalue weighted by molar-refractivity contribution is 0.415. The molecule has 0 aromatic heterocycles. The van der Waals surface area contributed by atoms with E-state index in [9.17, 15) is 0 Å². The Morgan fingerprint density at radius 1 is 1.40 bits per heavy atom. The van der Waals surface area contributed by atoms with Gasteiger partial charge in [-0.2, -0.15) is 0 Å². The van der Waals surface area contributed by atoms with Gasteiger partial charge in [-0.1, -0.05) is 6.07 Å². The number of nitrogens with one attached hydrogen (secondary N) is 1. The summed E-state index contributed by atoms with van der Waals surface area (Å²) in [5.41, 5.74) is 7.10. The lowest BCUT2D eigenvalue weighted by Gasteiger charge is -2.18. The molecule has 1 aromatic carbocycles. The van der Waals surface area contributed by atoms with Crippen molar-refractivity contribution < 1.29 is 4.74 Å². The first-order chi connectivity index (χ1) is 7.29. The van der Waals surface area contributed by atoms with Crippen molar-refractivity contribution in [3.05, 3.63) is 24.3 Å². The van der Waals surface area contributed by atoms with Crippen LogP contribution >= 0.6 is 0 Å². The highest BCUT2D eigenvalue weighted by molar-refractivity contribution is 5.49. The third-order valence-corrected chi connectivity index (χ3v) is 2.99. The first-order valence-electron chi connectivity index (χ1n) is 5.46. The molecule has 3 heteroatoms. The Bertz CT molecular complexity index is 327. The van der Waals surface area contributed by atoms with Crippen LogP contribution in [0.15, 0.2) is 24.3 Å². The van der Waals surface area contributed by atoms with E-state index >= 15 is 0 Å². The Morgan fingerprint density at radius 3 is 2.93 bits per heavy atom. The lowest BCUT2D eigenvalue weighted by atomic mass is 10.1. The van der Waals surface area contributed by atoms with Crippen LogP contribution < -0.4 is 15.8 Å². The maximum Gasteiger partial charge on any atom is 0.120 e. The molecular formula is C12H18N2O. The summed E-state index contributed by atoms with van der Waals surface area (Å²) in [6, 6.07) is 8.69. The zero-order chi connectivity index (χ0) is 10.7. The minimum atomic E-state index is 0.288. The monoisotopic (exact) mass is 206 g/mol. The fraction of sp³-hybridized carbons (Fsp3) is 0.500. The minimum absolute atomic E-state index is 0.288. The van der Waals surface area contributed by atoms with Crippen LogP contribution in [0.2, 0.25) is 0 Å². The summed E-state index contributed by atoms with van der Waals surface area (Å²) >= 11 is 0. The molecule has 0 heterocycles. The molecule has 1 fully saturated rings. The number of methoxy groups -OCH3 is 1. The van der Waals surface area contributed by atoms with Crippen LogP contribution in [0.4, 0.5) is 5.69 Å². The van der Waals surface area contributed by atoms with E-state index < -0.39 is 0 Å². The maximum atomic E-state index is 6.00. The molecule has 0 radical (unpaired) electrons. The van der Waals surface area contributed by atoms with Crippen LogP contribution in [-0.4, -0.2) is 19.2 Å². The van der Waals surface area contributed by atoms with E-state index in [2.05, 4.69) is 5.32 Å². The summed E-state index contributed by atoms with van der Waals surface area (Å²) in [6.45, 7) is 0. The molecule has 0 spiro atoms. The number of benzene rings is 1. The second kappa shape index (κ2) is 4.53. The Hall–Kier alpha value is -1.22. The van der Waals surface area contributed by atoms with Crippen LogP contribution in [0.25, 0.3) is 0 Å².